The quantitative estimate of drug-likeness (QED) is 0.562. The highest BCUT2D eigenvalue weighted by Crippen LogP contribution is 2.26. The van der Waals surface area contributed by atoms with E-state index >= 15 is 0 Å². The van der Waals surface area contributed by atoms with Gasteiger partial charge in [-0.15, -0.1) is 5.10 Å². The molecule has 0 atom stereocenters. The molecule has 9 nitrogen and oxygen atoms in total. The predicted octanol–water partition coefficient (Wildman–Crippen LogP) is 2.00. The Hall–Kier alpha value is -3.43. The lowest BCUT2D eigenvalue weighted by Gasteiger charge is -2.26. The lowest BCUT2D eigenvalue weighted by molar-refractivity contribution is 0.0383. The van der Waals surface area contributed by atoms with E-state index in [2.05, 4.69) is 37.0 Å². The number of nitrogens with one attached hydrogen (secondary N) is 3. The van der Waals surface area contributed by atoms with Crippen molar-refractivity contribution in [1.29, 1.82) is 0 Å². The molecule has 31 heavy (non-hydrogen) atoms. The van der Waals surface area contributed by atoms with Crippen molar-refractivity contribution >= 4 is 23.5 Å². The molecule has 0 saturated carbocycles. The van der Waals surface area contributed by atoms with Gasteiger partial charge in [0, 0.05) is 44.0 Å². The van der Waals surface area contributed by atoms with Crippen molar-refractivity contribution in [2.24, 2.45) is 0 Å². The van der Waals surface area contributed by atoms with Gasteiger partial charge in [0.2, 0.25) is 11.9 Å². The maximum atomic E-state index is 12.4. The van der Waals surface area contributed by atoms with Crippen molar-refractivity contribution in [3.63, 3.8) is 0 Å². The van der Waals surface area contributed by atoms with Crippen molar-refractivity contribution in [2.45, 2.75) is 6.54 Å². The fourth-order valence-corrected chi connectivity index (χ4v) is 3.78. The number of morpholine rings is 1. The molecule has 3 heterocycles. The van der Waals surface area contributed by atoms with Crippen molar-refractivity contribution in [3.8, 4) is 5.69 Å². The van der Waals surface area contributed by atoms with Crippen molar-refractivity contribution in [3.05, 3.63) is 59.7 Å². The first-order valence-electron chi connectivity index (χ1n) is 10.5. The summed E-state index contributed by atoms with van der Waals surface area (Å²) in [5, 5.41) is 14.0. The number of nitrogens with zero attached hydrogens (tertiary/aromatic N) is 4. The lowest BCUT2D eigenvalue weighted by atomic mass is 10.1. The molecule has 1 saturated heterocycles. The second-order valence-corrected chi connectivity index (χ2v) is 7.57. The molecule has 9 heteroatoms. The van der Waals surface area contributed by atoms with E-state index in [1.165, 1.54) is 5.56 Å². The smallest absolute Gasteiger partial charge is 0.251 e. The maximum absolute atomic E-state index is 12.4. The molecule has 0 spiro atoms. The molecule has 0 bridgehead atoms. The van der Waals surface area contributed by atoms with Crippen molar-refractivity contribution in [1.82, 2.24) is 25.0 Å². The van der Waals surface area contributed by atoms with E-state index in [-0.39, 0.29) is 5.91 Å². The van der Waals surface area contributed by atoms with Gasteiger partial charge in [0.25, 0.3) is 5.91 Å². The third kappa shape index (κ3) is 4.37. The van der Waals surface area contributed by atoms with E-state index < -0.39 is 0 Å². The first-order chi connectivity index (χ1) is 15.3. The van der Waals surface area contributed by atoms with E-state index in [0.29, 0.717) is 24.0 Å². The molecule has 3 N–H and O–H groups in total. The number of hydrogen-bond donors (Lipinski definition) is 3. The number of amides is 1. The normalized spacial score (nSPS) is 15.5. The van der Waals surface area contributed by atoms with Gasteiger partial charge in [-0.25, -0.2) is 0 Å². The second-order valence-electron chi connectivity index (χ2n) is 7.57. The van der Waals surface area contributed by atoms with Gasteiger partial charge in [0.05, 0.1) is 18.9 Å². The van der Waals surface area contributed by atoms with E-state index in [1.54, 1.807) is 16.8 Å². The highest BCUT2D eigenvalue weighted by Gasteiger charge is 2.19. The largest absolute Gasteiger partial charge is 0.379 e. The fourth-order valence-electron chi connectivity index (χ4n) is 3.78. The van der Waals surface area contributed by atoms with Crippen LogP contribution >= 0.6 is 0 Å². The molecule has 1 amide bonds. The molecule has 0 radical (unpaired) electrons. The summed E-state index contributed by atoms with van der Waals surface area (Å²) in [6.45, 7) is 5.55. The van der Waals surface area contributed by atoms with Gasteiger partial charge in [-0.3, -0.25) is 9.69 Å². The van der Waals surface area contributed by atoms with Crippen molar-refractivity contribution < 1.29 is 9.53 Å². The highest BCUT2D eigenvalue weighted by molar-refractivity contribution is 5.94. The molecule has 1 fully saturated rings. The molecule has 0 unspecified atom stereocenters. The summed E-state index contributed by atoms with van der Waals surface area (Å²) in [7, 11) is 0. The summed E-state index contributed by atoms with van der Waals surface area (Å²) in [6, 6.07) is 15.4. The van der Waals surface area contributed by atoms with E-state index in [4.69, 9.17) is 4.74 Å². The minimum Gasteiger partial charge on any atom is -0.379 e. The maximum Gasteiger partial charge on any atom is 0.251 e. The molecule has 2 aromatic carbocycles. The first-order valence-corrected chi connectivity index (χ1v) is 10.5. The van der Waals surface area contributed by atoms with Gasteiger partial charge >= 0.3 is 0 Å². The van der Waals surface area contributed by atoms with Crippen LogP contribution in [-0.2, 0) is 11.3 Å². The number of carbonyl (C=O) groups excluding carboxylic acids is 1. The number of fused-ring (bicyclic) bond motifs is 3. The first kappa shape index (κ1) is 19.5. The average molecular weight is 419 g/mol. The third-order valence-electron chi connectivity index (χ3n) is 5.48. The Morgan fingerprint density at radius 3 is 2.74 bits per heavy atom. The zero-order chi connectivity index (χ0) is 21.0. The monoisotopic (exact) mass is 419 g/mol. The summed E-state index contributed by atoms with van der Waals surface area (Å²) >= 11 is 0. The number of carbonyl (C=O) groups is 1. The highest BCUT2D eigenvalue weighted by atomic mass is 16.5. The van der Waals surface area contributed by atoms with Crippen LogP contribution in [0.15, 0.2) is 48.5 Å². The van der Waals surface area contributed by atoms with Gasteiger partial charge in [-0.1, -0.05) is 18.2 Å². The van der Waals surface area contributed by atoms with Gasteiger partial charge in [0.1, 0.15) is 0 Å². The van der Waals surface area contributed by atoms with Gasteiger partial charge in [-0.2, -0.15) is 9.67 Å². The van der Waals surface area contributed by atoms with Gasteiger partial charge in [-0.05, 0) is 35.9 Å². The number of para-hydroxylation sites is 1. The second kappa shape index (κ2) is 8.75. The summed E-state index contributed by atoms with van der Waals surface area (Å²) in [5.74, 6) is 1.13. The minimum absolute atomic E-state index is 0.0730. The molecule has 0 aliphatic carbocycles. The summed E-state index contributed by atoms with van der Waals surface area (Å²) < 4.78 is 7.14. The Bertz CT molecular complexity index is 1060. The standard InChI is InChI=1S/C22H25N7O2/c30-20(23-9-10-28-11-13-31-14-12-28)16-5-7-18(8-6-16)25-21-26-22-24-15-17-3-1-2-4-19(17)29(22)27-21/h1-8H,9-15H2,(H,23,30)(H2,24,25,26,27). The zero-order valence-electron chi connectivity index (χ0n) is 17.2. The minimum atomic E-state index is -0.0730. The molecular weight excluding hydrogens is 394 g/mol. The van der Waals surface area contributed by atoms with Crippen LogP contribution in [0.1, 0.15) is 15.9 Å². The van der Waals surface area contributed by atoms with Crippen LogP contribution in [0.5, 0.6) is 0 Å². The number of hydrogen-bond acceptors (Lipinski definition) is 7. The topological polar surface area (TPSA) is 96.3 Å². The van der Waals surface area contributed by atoms with Crippen LogP contribution in [-0.4, -0.2) is 65.0 Å². The Kier molecular flexibility index (Phi) is 5.51. The van der Waals surface area contributed by atoms with E-state index in [0.717, 1.165) is 50.8 Å². The molecule has 160 valence electrons. The Labute approximate surface area is 180 Å². The van der Waals surface area contributed by atoms with Crippen LogP contribution in [0.25, 0.3) is 5.69 Å². The van der Waals surface area contributed by atoms with E-state index in [1.807, 2.05) is 30.3 Å². The summed E-state index contributed by atoms with van der Waals surface area (Å²) in [6.07, 6.45) is 0. The lowest BCUT2D eigenvalue weighted by Crippen LogP contribution is -2.41. The van der Waals surface area contributed by atoms with Crippen LogP contribution in [0, 0.1) is 0 Å². The Balaban J connectivity index is 1.18. The molecule has 1 aromatic heterocycles. The predicted molar refractivity (Wildman–Crippen MR) is 118 cm³/mol. The number of rotatable bonds is 6. The van der Waals surface area contributed by atoms with Crippen LogP contribution in [0.4, 0.5) is 17.6 Å². The SMILES string of the molecule is O=C(NCCN1CCOCC1)c1ccc(Nc2nc3n(n2)-c2ccccc2CN3)cc1. The number of ether oxygens (including phenoxy) is 1. The third-order valence-corrected chi connectivity index (χ3v) is 5.48. The average Bonchev–Trinajstić information content (AvgIpc) is 3.23. The van der Waals surface area contributed by atoms with Crippen LogP contribution in [0.2, 0.25) is 0 Å². The van der Waals surface area contributed by atoms with E-state index in [9.17, 15) is 4.79 Å². The fraction of sp³-hybridized carbons (Fsp3) is 0.318. The number of anilines is 3. The summed E-state index contributed by atoms with van der Waals surface area (Å²) in [4.78, 5) is 19.2. The number of aromatic nitrogens is 3. The van der Waals surface area contributed by atoms with Crippen LogP contribution < -0.4 is 16.0 Å². The summed E-state index contributed by atoms with van der Waals surface area (Å²) in [5.41, 5.74) is 3.65. The zero-order valence-corrected chi connectivity index (χ0v) is 17.2. The molecule has 2 aliphatic heterocycles. The molecular formula is C22H25N7O2. The van der Waals surface area contributed by atoms with Gasteiger partial charge < -0.3 is 20.7 Å². The molecule has 3 aromatic rings. The van der Waals surface area contributed by atoms with Gasteiger partial charge in [0.15, 0.2) is 0 Å². The Morgan fingerprint density at radius 1 is 1.10 bits per heavy atom. The van der Waals surface area contributed by atoms with Crippen molar-refractivity contribution in [2.75, 3.05) is 50.0 Å². The Morgan fingerprint density at radius 2 is 1.90 bits per heavy atom. The van der Waals surface area contributed by atoms with Crippen LogP contribution in [0.3, 0.4) is 0 Å². The molecule has 2 aliphatic rings. The molecule has 5 rings (SSSR count). The number of benzene rings is 2.